The first-order chi connectivity index (χ1) is 18.1. The molecule has 7 nitrogen and oxygen atoms in total. The first-order valence-corrected chi connectivity index (χ1v) is 13.4. The smallest absolute Gasteiger partial charge is 0.266 e. The van der Waals surface area contributed by atoms with Crippen LogP contribution in [0.3, 0.4) is 0 Å². The van der Waals surface area contributed by atoms with E-state index in [4.69, 9.17) is 10.4 Å². The molecule has 37 heavy (non-hydrogen) atoms. The number of hydrogen-bond donors (Lipinski definition) is 2. The molecule has 3 heterocycles. The number of pyridine rings is 1. The zero-order valence-corrected chi connectivity index (χ0v) is 21.4. The Morgan fingerprint density at radius 2 is 1.84 bits per heavy atom. The highest BCUT2D eigenvalue weighted by Crippen LogP contribution is 2.32. The van der Waals surface area contributed by atoms with Gasteiger partial charge in [-0.25, -0.2) is 4.99 Å². The molecule has 0 spiro atoms. The third-order valence-electron chi connectivity index (χ3n) is 7.13. The van der Waals surface area contributed by atoms with Crippen molar-refractivity contribution in [1.29, 1.82) is 5.41 Å². The molecule has 4 aromatic rings. The van der Waals surface area contributed by atoms with Crippen LogP contribution in [0.15, 0.2) is 93.7 Å². The van der Waals surface area contributed by atoms with Crippen LogP contribution in [0.1, 0.15) is 30.9 Å². The predicted octanol–water partition coefficient (Wildman–Crippen LogP) is 3.10. The molecule has 1 fully saturated rings. The number of benzene rings is 2. The molecule has 0 saturated heterocycles. The summed E-state index contributed by atoms with van der Waals surface area (Å²) in [5, 5.41) is 13.7. The number of thioether (sulfide) groups is 1. The Labute approximate surface area is 218 Å². The van der Waals surface area contributed by atoms with Gasteiger partial charge in [-0.05, 0) is 49.1 Å². The fourth-order valence-electron chi connectivity index (χ4n) is 5.22. The molecule has 8 heteroatoms. The van der Waals surface area contributed by atoms with E-state index in [1.54, 1.807) is 17.8 Å². The number of fused-ring (bicyclic) bond motifs is 3. The maximum atomic E-state index is 13.6. The van der Waals surface area contributed by atoms with Crippen LogP contribution in [0.25, 0.3) is 16.3 Å². The van der Waals surface area contributed by atoms with Gasteiger partial charge in [0.25, 0.3) is 5.56 Å². The van der Waals surface area contributed by atoms with Gasteiger partial charge in [-0.15, -0.1) is 0 Å². The summed E-state index contributed by atoms with van der Waals surface area (Å²) in [5.41, 5.74) is 3.72. The third kappa shape index (κ3) is 4.42. The molecule has 0 bridgehead atoms. The van der Waals surface area contributed by atoms with Gasteiger partial charge in [0.15, 0.2) is 0 Å². The monoisotopic (exact) mass is 508 g/mol. The van der Waals surface area contributed by atoms with E-state index in [9.17, 15) is 4.79 Å². The first-order valence-electron chi connectivity index (χ1n) is 12.6. The highest BCUT2D eigenvalue weighted by molar-refractivity contribution is 8.07. The number of hydrogen-bond acceptors (Lipinski definition) is 6. The molecular weight excluding hydrogens is 480 g/mol. The second-order valence-corrected chi connectivity index (χ2v) is 10.5. The van der Waals surface area contributed by atoms with Gasteiger partial charge in [-0.3, -0.25) is 24.3 Å². The average Bonchev–Trinajstić information content (AvgIpc) is 3.54. The average molecular weight is 509 g/mol. The molecule has 0 radical (unpaired) electrons. The van der Waals surface area contributed by atoms with Gasteiger partial charge in [-0.2, -0.15) is 0 Å². The standard InChI is InChI=1S/C29H28N6OS/c1-34-28(36)25(26(30)35-24-12-7-11-23(24)33-29(34)35)27(37-21-8-3-2-4-9-21)32-18-19-13-15-20(16-14-19)22-10-5-6-17-31-22/h2-6,8-10,13-17,23-24,30,32H,7,11-12,18H2,1H3. The normalized spacial score (nSPS) is 18.6. The topological polar surface area (TPSA) is 88.1 Å². The second-order valence-electron chi connectivity index (χ2n) is 9.46. The summed E-state index contributed by atoms with van der Waals surface area (Å²) < 4.78 is 3.59. The summed E-state index contributed by atoms with van der Waals surface area (Å²) in [6.45, 7) is 0.526. The van der Waals surface area contributed by atoms with Crippen LogP contribution in [0.5, 0.6) is 0 Å². The number of aromatic nitrogens is 3. The number of nitrogens with zero attached hydrogens (tertiary/aromatic N) is 4. The van der Waals surface area contributed by atoms with Crippen molar-refractivity contribution in [2.24, 2.45) is 12.0 Å². The van der Waals surface area contributed by atoms with E-state index in [1.165, 1.54) is 11.8 Å². The van der Waals surface area contributed by atoms with Gasteiger partial charge in [0.05, 0.1) is 22.8 Å². The Bertz CT molecular complexity index is 1680. The van der Waals surface area contributed by atoms with Crippen molar-refractivity contribution in [2.75, 3.05) is 0 Å². The minimum atomic E-state index is -0.198. The second kappa shape index (κ2) is 9.86. The largest absolute Gasteiger partial charge is 0.375 e. The van der Waals surface area contributed by atoms with E-state index >= 15 is 0 Å². The lowest BCUT2D eigenvalue weighted by molar-refractivity contribution is 0.465. The van der Waals surface area contributed by atoms with Gasteiger partial charge in [0.1, 0.15) is 10.7 Å². The van der Waals surface area contributed by atoms with E-state index < -0.39 is 0 Å². The molecule has 2 aliphatic rings. The lowest BCUT2D eigenvalue weighted by atomic mass is 10.1. The SMILES string of the molecule is Cn1c(=O)c(=C(NCc2ccc(-c3ccccn3)cc2)Sc2ccccc2)c(=N)n2c1=NC1CCCC12. The molecule has 1 saturated carbocycles. The van der Waals surface area contributed by atoms with Crippen molar-refractivity contribution >= 4 is 16.8 Å². The Morgan fingerprint density at radius 1 is 1.05 bits per heavy atom. The fourth-order valence-corrected chi connectivity index (χ4v) is 6.18. The predicted molar refractivity (Wildman–Crippen MR) is 145 cm³/mol. The maximum Gasteiger partial charge on any atom is 0.266 e. The van der Waals surface area contributed by atoms with Crippen LogP contribution in [-0.4, -0.2) is 20.2 Å². The molecule has 2 atom stereocenters. The molecule has 2 unspecified atom stereocenters. The van der Waals surface area contributed by atoms with Crippen molar-refractivity contribution in [3.05, 3.63) is 111 Å². The summed E-state index contributed by atoms with van der Waals surface area (Å²) >= 11 is 1.49. The van der Waals surface area contributed by atoms with Crippen molar-refractivity contribution in [2.45, 2.75) is 42.8 Å². The van der Waals surface area contributed by atoms with Crippen LogP contribution in [0, 0.1) is 5.41 Å². The highest BCUT2D eigenvalue weighted by Gasteiger charge is 2.35. The van der Waals surface area contributed by atoms with Gasteiger partial charge in [0.2, 0.25) is 5.62 Å². The van der Waals surface area contributed by atoms with Gasteiger partial charge < -0.3 is 5.32 Å². The highest BCUT2D eigenvalue weighted by atomic mass is 32.2. The van der Waals surface area contributed by atoms with Gasteiger partial charge >= 0.3 is 0 Å². The van der Waals surface area contributed by atoms with Crippen LogP contribution < -0.4 is 27.2 Å². The van der Waals surface area contributed by atoms with Crippen molar-refractivity contribution in [3.8, 4) is 11.3 Å². The molecule has 1 aliphatic heterocycles. The van der Waals surface area contributed by atoms with Crippen molar-refractivity contribution in [1.82, 2.24) is 19.4 Å². The summed E-state index contributed by atoms with van der Waals surface area (Å²) in [7, 11) is 1.77. The fraction of sp³-hybridized carbons (Fsp3) is 0.241. The summed E-state index contributed by atoms with van der Waals surface area (Å²) in [4.78, 5) is 23.8. The Balaban J connectivity index is 1.41. The van der Waals surface area contributed by atoms with Crippen LogP contribution in [0.2, 0.25) is 0 Å². The van der Waals surface area contributed by atoms with E-state index in [1.807, 2.05) is 53.1 Å². The minimum absolute atomic E-state index is 0.162. The zero-order chi connectivity index (χ0) is 25.4. The Hall–Kier alpha value is -3.91. The van der Waals surface area contributed by atoms with E-state index in [0.29, 0.717) is 22.4 Å². The molecule has 186 valence electrons. The van der Waals surface area contributed by atoms with E-state index in [0.717, 1.165) is 41.0 Å². The first kappa shape index (κ1) is 23.5. The maximum absolute atomic E-state index is 13.6. The van der Waals surface area contributed by atoms with Crippen LogP contribution >= 0.6 is 11.8 Å². The van der Waals surface area contributed by atoms with Crippen LogP contribution in [-0.2, 0) is 13.6 Å². The Kier molecular flexibility index (Phi) is 6.26. The Morgan fingerprint density at radius 3 is 2.59 bits per heavy atom. The molecule has 2 aromatic heterocycles. The number of rotatable bonds is 6. The quantitative estimate of drug-likeness (QED) is 0.392. The molecule has 0 amide bonds. The summed E-state index contributed by atoms with van der Waals surface area (Å²) in [6.07, 6.45) is 4.90. The molecule has 1 aliphatic carbocycles. The zero-order valence-electron chi connectivity index (χ0n) is 20.6. The summed E-state index contributed by atoms with van der Waals surface area (Å²) in [5.74, 6) is 0. The van der Waals surface area contributed by atoms with Gasteiger partial charge in [-0.1, -0.05) is 60.3 Å². The van der Waals surface area contributed by atoms with Crippen molar-refractivity contribution < 1.29 is 0 Å². The van der Waals surface area contributed by atoms with E-state index in [2.05, 4.69) is 34.6 Å². The number of nitrogens with one attached hydrogen (secondary N) is 2. The third-order valence-corrected chi connectivity index (χ3v) is 8.19. The van der Waals surface area contributed by atoms with Crippen molar-refractivity contribution in [3.63, 3.8) is 0 Å². The molecular formula is C29H28N6OS. The van der Waals surface area contributed by atoms with E-state index in [-0.39, 0.29) is 23.1 Å². The lowest BCUT2D eigenvalue weighted by Gasteiger charge is -2.16. The summed E-state index contributed by atoms with van der Waals surface area (Å²) in [6, 6.07) is 24.5. The lowest BCUT2D eigenvalue weighted by Crippen LogP contribution is -2.58. The van der Waals surface area contributed by atoms with Crippen LogP contribution in [0.4, 0.5) is 0 Å². The molecule has 2 aromatic carbocycles. The minimum Gasteiger partial charge on any atom is -0.375 e. The molecule has 2 N–H and O–H groups in total. The van der Waals surface area contributed by atoms with Gasteiger partial charge in [0, 0.05) is 30.2 Å². The molecule has 6 rings (SSSR count).